The first-order chi connectivity index (χ1) is 19.6. The van der Waals surface area contributed by atoms with E-state index in [1.165, 1.54) is 11.3 Å². The second kappa shape index (κ2) is 13.1. The monoisotopic (exact) mass is 555 g/mol. The van der Waals surface area contributed by atoms with Crippen molar-refractivity contribution in [3.63, 3.8) is 0 Å². The number of thiazole rings is 1. The van der Waals surface area contributed by atoms with Gasteiger partial charge in [-0.25, -0.2) is 9.78 Å². The lowest BCUT2D eigenvalue weighted by Gasteiger charge is -2.44. The summed E-state index contributed by atoms with van der Waals surface area (Å²) in [5, 5.41) is 10.2. The Bertz CT molecular complexity index is 1330. The Labute approximate surface area is 240 Å². The normalized spacial score (nSPS) is 15.5. The second-order valence-corrected chi connectivity index (χ2v) is 11.3. The summed E-state index contributed by atoms with van der Waals surface area (Å²) in [6, 6.07) is 28.2. The van der Waals surface area contributed by atoms with Crippen LogP contribution in [-0.4, -0.2) is 47.5 Å². The molecule has 4 aromatic rings. The summed E-state index contributed by atoms with van der Waals surface area (Å²) in [6.07, 6.45) is 3.62. The molecule has 0 saturated carbocycles. The fourth-order valence-corrected chi connectivity index (χ4v) is 6.58. The molecule has 3 amide bonds. The number of urea groups is 1. The highest BCUT2D eigenvalue weighted by atomic mass is 32.1. The number of piperidine rings is 1. The maximum Gasteiger partial charge on any atom is 0.324 e. The first-order valence-electron chi connectivity index (χ1n) is 14.2. The van der Waals surface area contributed by atoms with Gasteiger partial charge in [0.15, 0.2) is 5.13 Å². The van der Waals surface area contributed by atoms with Crippen LogP contribution in [0.4, 0.5) is 9.93 Å². The Kier molecular flexibility index (Phi) is 9.08. The van der Waals surface area contributed by atoms with Gasteiger partial charge in [-0.15, -0.1) is 0 Å². The van der Waals surface area contributed by atoms with Crippen molar-refractivity contribution >= 4 is 38.6 Å². The Morgan fingerprint density at radius 3 is 2.30 bits per heavy atom. The molecule has 1 aliphatic rings. The third-order valence-electron chi connectivity index (χ3n) is 7.68. The van der Waals surface area contributed by atoms with Gasteiger partial charge in [-0.1, -0.05) is 91.1 Å². The number of rotatable bonds is 10. The Balaban J connectivity index is 1.44. The number of aromatic nitrogens is 1. The molecular formula is C32H37N5O2S. The maximum atomic E-state index is 14.2. The first kappa shape index (κ1) is 27.8. The Hall–Kier alpha value is -3.75. The highest BCUT2D eigenvalue weighted by molar-refractivity contribution is 7.22. The number of amides is 3. The minimum absolute atomic E-state index is 0.0294. The van der Waals surface area contributed by atoms with Gasteiger partial charge < -0.3 is 15.5 Å². The molecule has 2 heterocycles. The van der Waals surface area contributed by atoms with Gasteiger partial charge in [0, 0.05) is 25.6 Å². The van der Waals surface area contributed by atoms with E-state index in [4.69, 9.17) is 0 Å². The maximum absolute atomic E-state index is 14.2. The second-order valence-electron chi connectivity index (χ2n) is 10.2. The summed E-state index contributed by atoms with van der Waals surface area (Å²) in [7, 11) is 0. The third-order valence-corrected chi connectivity index (χ3v) is 8.63. The number of fused-ring (bicyclic) bond motifs is 1. The average Bonchev–Trinajstić information content (AvgIpc) is 3.41. The number of anilines is 1. The number of hydrogen-bond acceptors (Lipinski definition) is 5. The van der Waals surface area contributed by atoms with Crippen molar-refractivity contribution in [2.45, 2.75) is 50.6 Å². The lowest BCUT2D eigenvalue weighted by Crippen LogP contribution is -2.52. The van der Waals surface area contributed by atoms with Crippen LogP contribution in [0.3, 0.4) is 0 Å². The van der Waals surface area contributed by atoms with Gasteiger partial charge in [-0.3, -0.25) is 10.1 Å². The van der Waals surface area contributed by atoms with Crippen LogP contribution >= 0.6 is 11.3 Å². The van der Waals surface area contributed by atoms with Crippen LogP contribution in [0.25, 0.3) is 10.2 Å². The van der Waals surface area contributed by atoms with Crippen LogP contribution in [0.1, 0.15) is 50.2 Å². The minimum Gasteiger partial charge on any atom is -0.352 e. The Morgan fingerprint density at radius 2 is 1.68 bits per heavy atom. The first-order valence-corrected chi connectivity index (χ1v) is 15.0. The zero-order valence-corrected chi connectivity index (χ0v) is 23.8. The topological polar surface area (TPSA) is 86.4 Å². The highest BCUT2D eigenvalue weighted by Crippen LogP contribution is 2.40. The standard InChI is InChI=1S/C32H37N5O2S/c1-2-32(24-13-5-3-6-14-24,25-15-7-4-8-16-25)37(22-12-20-29(38)34-26-17-11-21-33-23-26)31(39)36-30-35-27-18-9-10-19-28(27)40-30/h3-10,13-16,18-19,26,33H,2,11-12,17,20-23H2,1H3,(H,34,38)(H,35,36,39). The van der Waals surface area contributed by atoms with Crippen molar-refractivity contribution in [1.82, 2.24) is 20.5 Å². The van der Waals surface area contributed by atoms with E-state index < -0.39 is 5.54 Å². The SMILES string of the molecule is CCC(c1ccccc1)(c1ccccc1)N(CCCC(=O)NC1CCCNC1)C(=O)Nc1nc2ccccc2s1. The molecule has 1 unspecified atom stereocenters. The smallest absolute Gasteiger partial charge is 0.324 e. The summed E-state index contributed by atoms with van der Waals surface area (Å²) in [5.74, 6) is 0.0294. The summed E-state index contributed by atoms with van der Waals surface area (Å²) in [5.41, 5.74) is 2.19. The number of carbonyl (C=O) groups excluding carboxylic acids is 2. The quantitative estimate of drug-likeness (QED) is 0.220. The van der Waals surface area contributed by atoms with E-state index in [2.05, 4.69) is 52.1 Å². The van der Waals surface area contributed by atoms with Crippen LogP contribution in [-0.2, 0) is 10.3 Å². The molecule has 3 N–H and O–H groups in total. The van der Waals surface area contributed by atoms with Gasteiger partial charge in [-0.2, -0.15) is 0 Å². The van der Waals surface area contributed by atoms with Gasteiger partial charge in [0.1, 0.15) is 0 Å². The van der Waals surface area contributed by atoms with Gasteiger partial charge in [-0.05, 0) is 55.5 Å². The van der Waals surface area contributed by atoms with E-state index in [1.54, 1.807) is 0 Å². The van der Waals surface area contributed by atoms with Crippen molar-refractivity contribution in [3.05, 3.63) is 96.1 Å². The van der Waals surface area contributed by atoms with E-state index >= 15 is 0 Å². The molecule has 0 spiro atoms. The molecule has 1 saturated heterocycles. The van der Waals surface area contributed by atoms with Crippen LogP contribution in [0, 0.1) is 0 Å². The zero-order chi connectivity index (χ0) is 27.8. The van der Waals surface area contributed by atoms with Crippen molar-refractivity contribution in [1.29, 1.82) is 0 Å². The number of nitrogens with one attached hydrogen (secondary N) is 3. The van der Waals surface area contributed by atoms with Crippen LogP contribution in [0.5, 0.6) is 0 Å². The van der Waals surface area contributed by atoms with Gasteiger partial charge >= 0.3 is 6.03 Å². The van der Waals surface area contributed by atoms with E-state index in [9.17, 15) is 9.59 Å². The van der Waals surface area contributed by atoms with E-state index in [1.807, 2.05) is 65.6 Å². The summed E-state index contributed by atoms with van der Waals surface area (Å²) < 4.78 is 1.02. The summed E-state index contributed by atoms with van der Waals surface area (Å²) >= 11 is 1.46. The predicted octanol–water partition coefficient (Wildman–Crippen LogP) is 6.13. The number of para-hydroxylation sites is 1. The predicted molar refractivity (Wildman–Crippen MR) is 163 cm³/mol. The molecule has 7 nitrogen and oxygen atoms in total. The number of carbonyl (C=O) groups is 2. The molecule has 208 valence electrons. The van der Waals surface area contributed by atoms with Crippen molar-refractivity contribution in [2.75, 3.05) is 25.0 Å². The fourth-order valence-electron chi connectivity index (χ4n) is 5.73. The molecule has 1 aromatic heterocycles. The number of nitrogens with zero attached hydrogens (tertiary/aromatic N) is 2. The molecular weight excluding hydrogens is 518 g/mol. The van der Waals surface area contributed by atoms with Gasteiger partial charge in [0.2, 0.25) is 5.91 Å². The summed E-state index contributed by atoms with van der Waals surface area (Å²) in [4.78, 5) is 33.6. The Morgan fingerprint density at radius 1 is 1.00 bits per heavy atom. The van der Waals surface area contributed by atoms with Crippen molar-refractivity contribution in [2.24, 2.45) is 0 Å². The molecule has 5 rings (SSSR count). The van der Waals surface area contributed by atoms with Crippen LogP contribution < -0.4 is 16.0 Å². The minimum atomic E-state index is -0.729. The molecule has 1 atom stereocenters. The van der Waals surface area contributed by atoms with E-state index in [-0.39, 0.29) is 18.0 Å². The van der Waals surface area contributed by atoms with Gasteiger partial charge in [0.05, 0.1) is 15.8 Å². The van der Waals surface area contributed by atoms with Crippen LogP contribution in [0.2, 0.25) is 0 Å². The molecule has 8 heteroatoms. The highest BCUT2D eigenvalue weighted by Gasteiger charge is 2.41. The fraction of sp³-hybridized carbons (Fsp3) is 0.344. The van der Waals surface area contributed by atoms with Crippen LogP contribution in [0.15, 0.2) is 84.9 Å². The molecule has 3 aromatic carbocycles. The largest absolute Gasteiger partial charge is 0.352 e. The van der Waals surface area contributed by atoms with Crippen molar-refractivity contribution in [3.8, 4) is 0 Å². The molecule has 40 heavy (non-hydrogen) atoms. The molecule has 1 aliphatic heterocycles. The van der Waals surface area contributed by atoms with Crippen molar-refractivity contribution < 1.29 is 9.59 Å². The number of hydrogen-bond donors (Lipinski definition) is 3. The zero-order valence-electron chi connectivity index (χ0n) is 22.9. The molecule has 0 aliphatic carbocycles. The van der Waals surface area contributed by atoms with E-state index in [0.717, 1.165) is 47.3 Å². The lowest BCUT2D eigenvalue weighted by molar-refractivity contribution is -0.122. The number of benzene rings is 3. The summed E-state index contributed by atoms with van der Waals surface area (Å²) in [6.45, 7) is 4.33. The third kappa shape index (κ3) is 6.18. The average molecular weight is 556 g/mol. The lowest BCUT2D eigenvalue weighted by atomic mass is 9.79. The molecule has 1 fully saturated rings. The molecule has 0 bridgehead atoms. The molecule has 0 radical (unpaired) electrons. The van der Waals surface area contributed by atoms with Gasteiger partial charge in [0.25, 0.3) is 0 Å². The van der Waals surface area contributed by atoms with E-state index in [0.29, 0.717) is 30.9 Å².